The van der Waals surface area contributed by atoms with Gasteiger partial charge in [-0.05, 0) is 27.2 Å². The number of quaternary nitrogens is 1. The second-order valence-corrected chi connectivity index (χ2v) is 5.51. The fourth-order valence-electron chi connectivity index (χ4n) is 1.95. The van der Waals surface area contributed by atoms with Crippen molar-refractivity contribution in [3.05, 3.63) is 0 Å². The lowest BCUT2D eigenvalue weighted by Crippen LogP contribution is -2.52. The molecule has 0 bridgehead atoms. The van der Waals surface area contributed by atoms with E-state index in [0.29, 0.717) is 0 Å². The predicted molar refractivity (Wildman–Crippen MR) is 73.8 cm³/mol. The van der Waals surface area contributed by atoms with Gasteiger partial charge in [0.2, 0.25) is 5.91 Å². The van der Waals surface area contributed by atoms with E-state index in [-0.39, 0.29) is 11.3 Å². The number of nitrogens with zero attached hydrogens (tertiary/aromatic N) is 1. The number of hydrogen-bond acceptors (Lipinski definition) is 1. The Balaban J connectivity index is 4.19. The first-order valence-corrected chi connectivity index (χ1v) is 7.00. The van der Waals surface area contributed by atoms with Crippen LogP contribution in [-0.4, -0.2) is 43.1 Å². The summed E-state index contributed by atoms with van der Waals surface area (Å²) in [5.41, 5.74) is -0.236. The Morgan fingerprint density at radius 1 is 1.06 bits per heavy atom. The van der Waals surface area contributed by atoms with Crippen LogP contribution in [0.1, 0.15) is 48.0 Å². The Morgan fingerprint density at radius 2 is 1.53 bits per heavy atom. The average Bonchev–Trinajstić information content (AvgIpc) is 2.35. The third kappa shape index (κ3) is 4.66. The van der Waals surface area contributed by atoms with Gasteiger partial charge in [-0.25, -0.2) is 0 Å². The van der Waals surface area contributed by atoms with Crippen molar-refractivity contribution in [3.63, 3.8) is 0 Å². The van der Waals surface area contributed by atoms with Crippen molar-refractivity contribution < 1.29 is 9.28 Å². The fourth-order valence-corrected chi connectivity index (χ4v) is 1.95. The lowest BCUT2D eigenvalue weighted by atomic mass is 9.89. The minimum absolute atomic E-state index is 0.182. The molecule has 0 aromatic rings. The summed E-state index contributed by atoms with van der Waals surface area (Å²) in [4.78, 5) is 11.9. The number of rotatable bonds is 8. The Bertz CT molecular complexity index is 224. The number of nitrogens with one attached hydrogen (secondary N) is 1. The molecule has 0 rings (SSSR count). The maximum absolute atomic E-state index is 11.9. The van der Waals surface area contributed by atoms with Gasteiger partial charge in [0.15, 0.2) is 0 Å². The van der Waals surface area contributed by atoms with Gasteiger partial charge < -0.3 is 9.80 Å². The van der Waals surface area contributed by atoms with Crippen LogP contribution in [0.25, 0.3) is 0 Å². The molecule has 0 atom stereocenters. The van der Waals surface area contributed by atoms with E-state index in [2.05, 4.69) is 33.0 Å². The standard InChI is InChI=1S/C14H30N2O/c1-7-14(5,6)13(17)15-11-12-16(8-2,9-3)10-4/h7-12H2,1-6H3/p+1. The van der Waals surface area contributed by atoms with Gasteiger partial charge in [-0.1, -0.05) is 20.8 Å². The monoisotopic (exact) mass is 243 g/mol. The zero-order valence-electron chi connectivity index (χ0n) is 12.6. The van der Waals surface area contributed by atoms with Gasteiger partial charge >= 0.3 is 0 Å². The van der Waals surface area contributed by atoms with E-state index in [1.807, 2.05) is 13.8 Å². The SMILES string of the molecule is CCC(C)(C)C(=O)NCC[N+](CC)(CC)CC. The highest BCUT2D eigenvalue weighted by atomic mass is 16.2. The van der Waals surface area contributed by atoms with Crippen molar-refractivity contribution in [3.8, 4) is 0 Å². The quantitative estimate of drug-likeness (QED) is 0.652. The number of carbonyl (C=O) groups excluding carboxylic acids is 1. The second kappa shape index (κ2) is 7.00. The van der Waals surface area contributed by atoms with Gasteiger partial charge in [-0.3, -0.25) is 4.79 Å². The highest BCUT2D eigenvalue weighted by molar-refractivity contribution is 5.81. The molecule has 0 aliphatic rings. The lowest BCUT2D eigenvalue weighted by molar-refractivity contribution is -0.922. The maximum atomic E-state index is 11.9. The Hall–Kier alpha value is -0.570. The number of amides is 1. The summed E-state index contributed by atoms with van der Waals surface area (Å²) in [6, 6.07) is 0. The largest absolute Gasteiger partial charge is 0.350 e. The Labute approximate surface area is 107 Å². The molecule has 1 N–H and O–H groups in total. The van der Waals surface area contributed by atoms with Gasteiger partial charge in [0, 0.05) is 5.41 Å². The molecule has 0 saturated carbocycles. The van der Waals surface area contributed by atoms with Crippen molar-refractivity contribution in [1.29, 1.82) is 0 Å². The molecule has 0 saturated heterocycles. The van der Waals surface area contributed by atoms with Gasteiger partial charge in [-0.2, -0.15) is 0 Å². The van der Waals surface area contributed by atoms with Crippen LogP contribution in [-0.2, 0) is 4.79 Å². The summed E-state index contributed by atoms with van der Waals surface area (Å²) in [6.45, 7) is 18.0. The first-order chi connectivity index (χ1) is 7.87. The number of likely N-dealkylation sites (N-methyl/N-ethyl adjacent to an activating group) is 1. The molecule has 0 fully saturated rings. The van der Waals surface area contributed by atoms with E-state index < -0.39 is 0 Å². The Morgan fingerprint density at radius 3 is 1.88 bits per heavy atom. The van der Waals surface area contributed by atoms with Crippen molar-refractivity contribution >= 4 is 5.91 Å². The van der Waals surface area contributed by atoms with Gasteiger partial charge in [0.05, 0.1) is 32.7 Å². The highest BCUT2D eigenvalue weighted by Gasteiger charge is 2.26. The van der Waals surface area contributed by atoms with Crippen LogP contribution in [0.4, 0.5) is 0 Å². The van der Waals surface area contributed by atoms with E-state index in [4.69, 9.17) is 0 Å². The highest BCUT2D eigenvalue weighted by Crippen LogP contribution is 2.19. The number of carbonyl (C=O) groups is 1. The van der Waals surface area contributed by atoms with Gasteiger partial charge in [0.1, 0.15) is 0 Å². The molecule has 0 unspecified atom stereocenters. The van der Waals surface area contributed by atoms with Crippen LogP contribution < -0.4 is 5.32 Å². The molecule has 0 aromatic carbocycles. The van der Waals surface area contributed by atoms with E-state index in [1.165, 1.54) is 0 Å². The molecule has 0 aliphatic heterocycles. The first kappa shape index (κ1) is 16.4. The fraction of sp³-hybridized carbons (Fsp3) is 0.929. The summed E-state index contributed by atoms with van der Waals surface area (Å²) in [5.74, 6) is 0.182. The summed E-state index contributed by atoms with van der Waals surface area (Å²) >= 11 is 0. The number of hydrogen-bond donors (Lipinski definition) is 1. The summed E-state index contributed by atoms with van der Waals surface area (Å²) < 4.78 is 1.09. The lowest BCUT2D eigenvalue weighted by Gasteiger charge is -2.36. The molecule has 0 aliphatic carbocycles. The second-order valence-electron chi connectivity index (χ2n) is 5.51. The summed E-state index contributed by atoms with van der Waals surface area (Å²) in [6.07, 6.45) is 0.883. The minimum atomic E-state index is -0.236. The van der Waals surface area contributed by atoms with Crippen LogP contribution in [0.15, 0.2) is 0 Å². The molecule has 3 nitrogen and oxygen atoms in total. The summed E-state index contributed by atoms with van der Waals surface area (Å²) in [7, 11) is 0. The molecule has 17 heavy (non-hydrogen) atoms. The molecular formula is C14H31N2O+. The van der Waals surface area contributed by atoms with Crippen LogP contribution in [0, 0.1) is 5.41 Å². The van der Waals surface area contributed by atoms with Crippen molar-refractivity contribution in [2.45, 2.75) is 48.0 Å². The topological polar surface area (TPSA) is 29.1 Å². The molecule has 0 heterocycles. The molecule has 0 aromatic heterocycles. The van der Waals surface area contributed by atoms with E-state index in [1.54, 1.807) is 0 Å². The van der Waals surface area contributed by atoms with Crippen molar-refractivity contribution in [2.75, 3.05) is 32.7 Å². The van der Waals surface area contributed by atoms with Crippen LogP contribution >= 0.6 is 0 Å². The zero-order chi connectivity index (χ0) is 13.5. The third-order valence-corrected chi connectivity index (χ3v) is 4.38. The van der Waals surface area contributed by atoms with Crippen molar-refractivity contribution in [2.24, 2.45) is 5.41 Å². The molecule has 3 heteroatoms. The molecule has 0 radical (unpaired) electrons. The predicted octanol–water partition coefficient (Wildman–Crippen LogP) is 2.42. The third-order valence-electron chi connectivity index (χ3n) is 4.38. The zero-order valence-corrected chi connectivity index (χ0v) is 12.6. The Kier molecular flexibility index (Phi) is 6.76. The van der Waals surface area contributed by atoms with Gasteiger partial charge in [0.25, 0.3) is 0 Å². The summed E-state index contributed by atoms with van der Waals surface area (Å²) in [5, 5.41) is 3.08. The van der Waals surface area contributed by atoms with Crippen LogP contribution in [0.5, 0.6) is 0 Å². The van der Waals surface area contributed by atoms with E-state index in [0.717, 1.165) is 43.6 Å². The van der Waals surface area contributed by atoms with Crippen LogP contribution in [0.3, 0.4) is 0 Å². The van der Waals surface area contributed by atoms with Gasteiger partial charge in [-0.15, -0.1) is 0 Å². The molecule has 102 valence electrons. The normalized spacial score (nSPS) is 12.6. The minimum Gasteiger partial charge on any atom is -0.350 e. The molecule has 1 amide bonds. The maximum Gasteiger partial charge on any atom is 0.225 e. The van der Waals surface area contributed by atoms with E-state index >= 15 is 0 Å². The van der Waals surface area contributed by atoms with Crippen molar-refractivity contribution in [1.82, 2.24) is 5.32 Å². The smallest absolute Gasteiger partial charge is 0.225 e. The van der Waals surface area contributed by atoms with Crippen LogP contribution in [0.2, 0.25) is 0 Å². The first-order valence-electron chi connectivity index (χ1n) is 7.00. The molecular weight excluding hydrogens is 212 g/mol. The van der Waals surface area contributed by atoms with E-state index in [9.17, 15) is 4.79 Å². The molecule has 0 spiro atoms. The average molecular weight is 243 g/mol.